The first-order valence-corrected chi connectivity index (χ1v) is 22.1. The maximum Gasteiger partial charge on any atom is 0.397 e. The minimum Gasteiger partial charge on any atom is -0.501 e. The van der Waals surface area contributed by atoms with E-state index in [1.54, 1.807) is 30.3 Å². The largest absolute Gasteiger partial charge is 0.501 e. The number of pyridine rings is 1. The van der Waals surface area contributed by atoms with Crippen molar-refractivity contribution in [3.8, 4) is 50.6 Å². The van der Waals surface area contributed by atoms with Crippen molar-refractivity contribution in [1.82, 2.24) is 14.5 Å². The minimum atomic E-state index is -4.42. The van der Waals surface area contributed by atoms with Gasteiger partial charge < -0.3 is 14.0 Å². The van der Waals surface area contributed by atoms with Crippen LogP contribution < -0.4 is 0 Å². The Labute approximate surface area is 408 Å². The standard InChI is InChI=1S/C47H40F3N2O.C12H10N.Ir/c1-28(2)38-25-33(32-21-19-31(20-22-32)30-13-8-7-9-14-30)26-39(29(3)4)43(38)52-41-18-11-10-17-40(41)51-45(52)37-16-12-15-36-35-24-23-34(27-42(35)53-44(36)37)46(5,6)47(48,49)50;1-10-7-8-12(13-9-10)11-5-3-2-4-6-11;/h7-15,17-29H,1-6H3;2-5,7-9H,1H3;/q2*-1;/i;1D3;. The maximum absolute atomic E-state index is 14.0. The first-order chi connectivity index (χ1) is 32.9. The molecule has 0 saturated carbocycles. The molecule has 1 radical (unpaired) electrons. The summed E-state index contributed by atoms with van der Waals surface area (Å²) in [5.41, 5.74) is 11.4. The first-order valence-electron chi connectivity index (χ1n) is 23.6. The number of alkyl halides is 3. The monoisotopic (exact) mass is 1070 g/mol. The number of rotatable bonds is 8. The van der Waals surface area contributed by atoms with Crippen molar-refractivity contribution in [2.45, 2.75) is 71.8 Å². The van der Waals surface area contributed by atoms with Gasteiger partial charge in [-0.15, -0.1) is 54.1 Å². The van der Waals surface area contributed by atoms with Crippen LogP contribution in [0.5, 0.6) is 0 Å². The van der Waals surface area contributed by atoms with E-state index >= 15 is 0 Å². The number of benzene rings is 7. The molecule has 0 aliphatic rings. The van der Waals surface area contributed by atoms with Gasteiger partial charge in [-0.05, 0) is 113 Å². The molecule has 3 heterocycles. The Morgan fingerprint density at radius 2 is 1.31 bits per heavy atom. The van der Waals surface area contributed by atoms with Gasteiger partial charge in [-0.25, -0.2) is 0 Å². The van der Waals surface area contributed by atoms with Crippen LogP contribution in [0.25, 0.3) is 83.6 Å². The van der Waals surface area contributed by atoms with Crippen LogP contribution in [0.3, 0.4) is 0 Å². The topological polar surface area (TPSA) is 43.9 Å². The third-order valence-corrected chi connectivity index (χ3v) is 12.4. The van der Waals surface area contributed by atoms with Crippen LogP contribution in [0.4, 0.5) is 13.2 Å². The normalized spacial score (nSPS) is 12.7. The van der Waals surface area contributed by atoms with Crippen molar-refractivity contribution in [1.29, 1.82) is 0 Å². The summed E-state index contributed by atoms with van der Waals surface area (Å²) in [6.07, 6.45) is -3.02. The van der Waals surface area contributed by atoms with Gasteiger partial charge in [-0.3, -0.25) is 4.98 Å². The van der Waals surface area contributed by atoms with Gasteiger partial charge in [0, 0.05) is 41.5 Å². The Morgan fingerprint density at radius 1 is 0.657 bits per heavy atom. The van der Waals surface area contributed by atoms with Crippen molar-refractivity contribution >= 4 is 33.0 Å². The Bertz CT molecular complexity index is 3410. The smallest absolute Gasteiger partial charge is 0.397 e. The second-order valence-corrected chi connectivity index (χ2v) is 17.8. The second kappa shape index (κ2) is 18.9. The first kappa shape index (κ1) is 43.0. The molecule has 10 aromatic rings. The van der Waals surface area contributed by atoms with Gasteiger partial charge >= 0.3 is 6.18 Å². The van der Waals surface area contributed by atoms with Crippen molar-refractivity contribution < 1.29 is 41.8 Å². The van der Waals surface area contributed by atoms with Crippen LogP contribution in [0.2, 0.25) is 0 Å². The average Bonchev–Trinajstić information content (AvgIpc) is 3.92. The molecule has 7 aromatic carbocycles. The summed E-state index contributed by atoms with van der Waals surface area (Å²) in [6, 6.07) is 57.6. The van der Waals surface area contributed by atoms with Crippen molar-refractivity contribution in [2.24, 2.45) is 0 Å². The molecule has 0 unspecified atom stereocenters. The SMILES string of the molecule is CC(C)c1cc(-c2ccc(-c3ccccc3)cc2)cc(C(C)C)c1-n1c(-c2[c-]ccc3c2oc2cc(C(C)(C)C(F)(F)F)ccc23)nc2ccccc21.[2H]C([2H])([2H])c1ccc(-c2[c-]cccc2)nc1.[Ir]. The van der Waals surface area contributed by atoms with Crippen LogP contribution in [-0.2, 0) is 25.5 Å². The molecule has 0 aliphatic carbocycles. The van der Waals surface area contributed by atoms with Gasteiger partial charge in [-0.1, -0.05) is 130 Å². The molecule has 0 aliphatic heterocycles. The number of imidazole rings is 1. The van der Waals surface area contributed by atoms with Crippen LogP contribution in [0.1, 0.15) is 79.7 Å². The van der Waals surface area contributed by atoms with Crippen LogP contribution in [-0.4, -0.2) is 20.7 Å². The van der Waals surface area contributed by atoms with E-state index in [0.29, 0.717) is 22.6 Å². The van der Waals surface area contributed by atoms with Crippen molar-refractivity contribution in [3.05, 3.63) is 198 Å². The predicted octanol–water partition coefficient (Wildman–Crippen LogP) is 16.7. The number of nitrogens with zero attached hydrogens (tertiary/aromatic N) is 3. The number of furan rings is 1. The quantitative estimate of drug-likeness (QED) is 0.142. The minimum absolute atomic E-state index is 0. The van der Waals surface area contributed by atoms with Gasteiger partial charge in [-0.2, -0.15) is 13.2 Å². The zero-order chi connectivity index (χ0) is 48.8. The summed E-state index contributed by atoms with van der Waals surface area (Å²) in [5, 5.41) is 1.54. The third kappa shape index (κ3) is 9.13. The van der Waals surface area contributed by atoms with E-state index < -0.39 is 18.4 Å². The van der Waals surface area contributed by atoms with E-state index in [4.69, 9.17) is 13.5 Å². The number of hydrogen-bond donors (Lipinski definition) is 0. The predicted molar refractivity (Wildman–Crippen MR) is 264 cm³/mol. The van der Waals surface area contributed by atoms with E-state index in [9.17, 15) is 13.2 Å². The van der Waals surface area contributed by atoms with E-state index in [1.165, 1.54) is 48.4 Å². The molecular weight excluding hydrogens is 1020 g/mol. The zero-order valence-electron chi connectivity index (χ0n) is 41.0. The van der Waals surface area contributed by atoms with Crippen LogP contribution in [0, 0.1) is 19.0 Å². The van der Waals surface area contributed by atoms with Crippen molar-refractivity contribution in [2.75, 3.05) is 0 Å². The molecule has 67 heavy (non-hydrogen) atoms. The molecule has 0 spiro atoms. The number of para-hydroxylation sites is 2. The van der Waals surface area contributed by atoms with Crippen LogP contribution in [0.15, 0.2) is 168 Å². The summed E-state index contributed by atoms with van der Waals surface area (Å²) in [4.78, 5) is 9.34. The third-order valence-electron chi connectivity index (χ3n) is 12.4. The fraction of sp³-hybridized carbons (Fsp3) is 0.186. The summed E-state index contributed by atoms with van der Waals surface area (Å²) in [6.45, 7) is 9.18. The van der Waals surface area contributed by atoms with E-state index in [2.05, 4.69) is 116 Å². The summed E-state index contributed by atoms with van der Waals surface area (Å²) < 4.78 is 72.6. The van der Waals surface area contributed by atoms with Gasteiger partial charge in [0.05, 0.1) is 27.9 Å². The van der Waals surface area contributed by atoms with Crippen LogP contribution >= 0.6 is 0 Å². The molecule has 0 atom stereocenters. The fourth-order valence-corrected chi connectivity index (χ4v) is 8.46. The number of aromatic nitrogens is 3. The molecule has 10 rings (SSSR count). The van der Waals surface area contributed by atoms with E-state index in [0.717, 1.165) is 49.9 Å². The molecule has 3 aromatic heterocycles. The molecule has 0 bridgehead atoms. The fourth-order valence-electron chi connectivity index (χ4n) is 8.46. The number of halogens is 3. The van der Waals surface area contributed by atoms with Gasteiger partial charge in [0.2, 0.25) is 0 Å². The molecule has 8 heteroatoms. The molecule has 339 valence electrons. The molecule has 4 nitrogen and oxygen atoms in total. The Morgan fingerprint density at radius 3 is 1.94 bits per heavy atom. The van der Waals surface area contributed by atoms with Crippen molar-refractivity contribution in [3.63, 3.8) is 0 Å². The number of fused-ring (bicyclic) bond motifs is 4. The molecule has 0 N–H and O–H groups in total. The van der Waals surface area contributed by atoms with Gasteiger partial charge in [0.15, 0.2) is 0 Å². The Hall–Kier alpha value is -6.60. The summed E-state index contributed by atoms with van der Waals surface area (Å²) in [5.74, 6) is 0.998. The maximum atomic E-state index is 14.0. The molecule has 0 amide bonds. The molecule has 0 saturated heterocycles. The number of hydrogen-bond acceptors (Lipinski definition) is 3. The summed E-state index contributed by atoms with van der Waals surface area (Å²) >= 11 is 0. The zero-order valence-corrected chi connectivity index (χ0v) is 40.4. The van der Waals surface area contributed by atoms with Gasteiger partial charge in [0.25, 0.3) is 0 Å². The average molecular weight is 1070 g/mol. The molecule has 0 fully saturated rings. The Kier molecular flexibility index (Phi) is 12.2. The Balaban J connectivity index is 0.000000329. The summed E-state index contributed by atoms with van der Waals surface area (Å²) in [7, 11) is 0. The molecular formula is C59H50F3IrN3O-2. The van der Waals surface area contributed by atoms with E-state index in [-0.39, 0.29) is 43.1 Å². The van der Waals surface area contributed by atoms with Gasteiger partial charge in [0.1, 0.15) is 5.58 Å². The second-order valence-electron chi connectivity index (χ2n) is 17.8. The van der Waals surface area contributed by atoms with E-state index in [1.807, 2.05) is 54.6 Å². The number of aryl methyl sites for hydroxylation is 1.